The number of amides is 2. The first-order valence-electron chi connectivity index (χ1n) is 7.51. The summed E-state index contributed by atoms with van der Waals surface area (Å²) in [5.74, 6) is 0.205. The van der Waals surface area contributed by atoms with E-state index in [9.17, 15) is 9.59 Å². The van der Waals surface area contributed by atoms with E-state index in [1.807, 2.05) is 18.7 Å². The molecular weight excluding hydrogens is 268 g/mol. The van der Waals surface area contributed by atoms with Gasteiger partial charge in [0, 0.05) is 44.5 Å². The van der Waals surface area contributed by atoms with Gasteiger partial charge in [0.2, 0.25) is 5.91 Å². The maximum Gasteiger partial charge on any atom is 0.274 e. The monoisotopic (exact) mass is 290 g/mol. The summed E-state index contributed by atoms with van der Waals surface area (Å²) < 4.78 is 0. The second-order valence-electron chi connectivity index (χ2n) is 5.22. The normalized spacial score (nSPS) is 15.4. The molecule has 2 rings (SSSR count). The summed E-state index contributed by atoms with van der Waals surface area (Å²) in [6.07, 6.45) is 6.27. The van der Waals surface area contributed by atoms with Crippen molar-refractivity contribution in [2.24, 2.45) is 5.92 Å². The number of nitrogens with zero attached hydrogens (tertiary/aromatic N) is 4. The number of rotatable bonds is 4. The topological polar surface area (TPSA) is 66.4 Å². The Balaban J connectivity index is 1.91. The summed E-state index contributed by atoms with van der Waals surface area (Å²) in [7, 11) is 0. The van der Waals surface area contributed by atoms with Gasteiger partial charge in [0.05, 0.1) is 6.20 Å². The lowest BCUT2D eigenvalue weighted by molar-refractivity contribution is -0.137. The fraction of sp³-hybridized carbons (Fsp3) is 0.600. The number of carbonyl (C=O) groups is 2. The van der Waals surface area contributed by atoms with Crippen molar-refractivity contribution in [2.75, 3.05) is 26.2 Å². The summed E-state index contributed by atoms with van der Waals surface area (Å²) in [4.78, 5) is 36.1. The smallest absolute Gasteiger partial charge is 0.274 e. The molecule has 0 aromatic carbocycles. The van der Waals surface area contributed by atoms with Crippen LogP contribution in [0.5, 0.6) is 0 Å². The minimum Gasteiger partial charge on any atom is -0.339 e. The van der Waals surface area contributed by atoms with Crippen LogP contribution in [-0.2, 0) is 4.79 Å². The molecular formula is C15H22N4O2. The van der Waals surface area contributed by atoms with Crippen molar-refractivity contribution in [1.29, 1.82) is 0 Å². The highest BCUT2D eigenvalue weighted by Gasteiger charge is 2.28. The van der Waals surface area contributed by atoms with Crippen LogP contribution in [0, 0.1) is 5.92 Å². The molecule has 1 aromatic rings. The number of hydrogen-bond acceptors (Lipinski definition) is 4. The Labute approximate surface area is 125 Å². The van der Waals surface area contributed by atoms with Crippen LogP contribution in [0.15, 0.2) is 18.6 Å². The molecule has 6 nitrogen and oxygen atoms in total. The Morgan fingerprint density at radius 3 is 2.24 bits per heavy atom. The van der Waals surface area contributed by atoms with Crippen LogP contribution in [0.2, 0.25) is 0 Å². The highest BCUT2D eigenvalue weighted by molar-refractivity contribution is 5.92. The first-order chi connectivity index (χ1) is 10.2. The number of carbonyl (C=O) groups excluding carboxylic acids is 2. The van der Waals surface area contributed by atoms with Crippen LogP contribution in [0.3, 0.4) is 0 Å². The van der Waals surface area contributed by atoms with E-state index in [1.165, 1.54) is 12.4 Å². The second kappa shape index (κ2) is 7.15. The molecule has 0 saturated carbocycles. The molecule has 0 atom stereocenters. The molecule has 1 aliphatic heterocycles. The zero-order valence-electron chi connectivity index (χ0n) is 12.7. The standard InChI is InChI=1S/C15H22N4O2/c1-3-12(4-2)14(20)18-7-9-19(10-8-18)15(21)13-11-16-5-6-17-13/h5-6,11-12H,3-4,7-10H2,1-2H3. The summed E-state index contributed by atoms with van der Waals surface area (Å²) in [5, 5.41) is 0. The lowest BCUT2D eigenvalue weighted by atomic mass is 10.0. The van der Waals surface area contributed by atoms with Crippen molar-refractivity contribution in [1.82, 2.24) is 19.8 Å². The first-order valence-corrected chi connectivity index (χ1v) is 7.51. The predicted octanol–water partition coefficient (Wildman–Crippen LogP) is 1.20. The second-order valence-corrected chi connectivity index (χ2v) is 5.22. The molecule has 2 heterocycles. The van der Waals surface area contributed by atoms with E-state index in [-0.39, 0.29) is 17.7 Å². The molecule has 6 heteroatoms. The molecule has 1 aromatic heterocycles. The number of piperazine rings is 1. The molecule has 0 radical (unpaired) electrons. The quantitative estimate of drug-likeness (QED) is 0.835. The molecule has 0 unspecified atom stereocenters. The Morgan fingerprint density at radius 1 is 1.10 bits per heavy atom. The fourth-order valence-electron chi connectivity index (χ4n) is 2.60. The molecule has 2 amide bonds. The van der Waals surface area contributed by atoms with Gasteiger partial charge in [-0.15, -0.1) is 0 Å². The molecule has 1 saturated heterocycles. The van der Waals surface area contributed by atoms with E-state index in [0.29, 0.717) is 31.9 Å². The number of aromatic nitrogens is 2. The van der Waals surface area contributed by atoms with E-state index in [1.54, 1.807) is 11.1 Å². The summed E-state index contributed by atoms with van der Waals surface area (Å²) in [6, 6.07) is 0. The van der Waals surface area contributed by atoms with Gasteiger partial charge in [-0.2, -0.15) is 0 Å². The van der Waals surface area contributed by atoms with Crippen LogP contribution in [0.4, 0.5) is 0 Å². The van der Waals surface area contributed by atoms with E-state index in [2.05, 4.69) is 9.97 Å². The Bertz CT molecular complexity index is 480. The Kier molecular flexibility index (Phi) is 5.25. The van der Waals surface area contributed by atoms with Gasteiger partial charge in [-0.05, 0) is 12.8 Å². The third-order valence-electron chi connectivity index (χ3n) is 4.00. The van der Waals surface area contributed by atoms with Crippen molar-refractivity contribution in [3.63, 3.8) is 0 Å². The zero-order chi connectivity index (χ0) is 15.2. The van der Waals surface area contributed by atoms with Crippen molar-refractivity contribution >= 4 is 11.8 Å². The van der Waals surface area contributed by atoms with Gasteiger partial charge >= 0.3 is 0 Å². The van der Waals surface area contributed by atoms with Crippen LogP contribution in [-0.4, -0.2) is 57.8 Å². The van der Waals surface area contributed by atoms with Crippen LogP contribution >= 0.6 is 0 Å². The summed E-state index contributed by atoms with van der Waals surface area (Å²) in [6.45, 7) is 6.39. The van der Waals surface area contributed by atoms with Crippen molar-refractivity contribution < 1.29 is 9.59 Å². The van der Waals surface area contributed by atoms with Gasteiger partial charge in [-0.3, -0.25) is 14.6 Å². The van der Waals surface area contributed by atoms with Gasteiger partial charge in [0.1, 0.15) is 5.69 Å². The molecule has 114 valence electrons. The lowest BCUT2D eigenvalue weighted by Crippen LogP contribution is -2.52. The SMILES string of the molecule is CCC(CC)C(=O)N1CCN(C(=O)c2cnccn2)CC1. The van der Waals surface area contributed by atoms with E-state index >= 15 is 0 Å². The van der Waals surface area contributed by atoms with Crippen LogP contribution in [0.1, 0.15) is 37.2 Å². The van der Waals surface area contributed by atoms with Crippen molar-refractivity contribution in [2.45, 2.75) is 26.7 Å². The minimum absolute atomic E-state index is 0.104. The van der Waals surface area contributed by atoms with Gasteiger partial charge in [0.25, 0.3) is 5.91 Å². The Hall–Kier alpha value is -1.98. The maximum absolute atomic E-state index is 12.3. The van der Waals surface area contributed by atoms with Gasteiger partial charge in [-0.25, -0.2) is 4.98 Å². The molecule has 1 fully saturated rings. The zero-order valence-corrected chi connectivity index (χ0v) is 12.7. The van der Waals surface area contributed by atoms with E-state index in [4.69, 9.17) is 0 Å². The minimum atomic E-state index is -0.113. The van der Waals surface area contributed by atoms with Crippen molar-refractivity contribution in [3.8, 4) is 0 Å². The maximum atomic E-state index is 12.3. The average molecular weight is 290 g/mol. The largest absolute Gasteiger partial charge is 0.339 e. The van der Waals surface area contributed by atoms with Gasteiger partial charge < -0.3 is 9.80 Å². The van der Waals surface area contributed by atoms with Crippen molar-refractivity contribution in [3.05, 3.63) is 24.3 Å². The molecule has 0 N–H and O–H groups in total. The summed E-state index contributed by atoms with van der Waals surface area (Å²) >= 11 is 0. The highest BCUT2D eigenvalue weighted by Crippen LogP contribution is 2.14. The van der Waals surface area contributed by atoms with Crippen LogP contribution in [0.25, 0.3) is 0 Å². The van der Waals surface area contributed by atoms with Crippen LogP contribution < -0.4 is 0 Å². The van der Waals surface area contributed by atoms with Gasteiger partial charge in [0.15, 0.2) is 0 Å². The highest BCUT2D eigenvalue weighted by atomic mass is 16.2. The molecule has 0 aliphatic carbocycles. The predicted molar refractivity (Wildman–Crippen MR) is 78.6 cm³/mol. The molecule has 0 spiro atoms. The molecule has 0 bridgehead atoms. The Morgan fingerprint density at radius 2 is 1.71 bits per heavy atom. The summed E-state index contributed by atoms with van der Waals surface area (Å²) in [5.41, 5.74) is 0.359. The van der Waals surface area contributed by atoms with E-state index in [0.717, 1.165) is 12.8 Å². The number of hydrogen-bond donors (Lipinski definition) is 0. The third-order valence-corrected chi connectivity index (χ3v) is 4.00. The van der Waals surface area contributed by atoms with E-state index < -0.39 is 0 Å². The first kappa shape index (κ1) is 15.4. The lowest BCUT2D eigenvalue weighted by Gasteiger charge is -2.36. The molecule has 21 heavy (non-hydrogen) atoms. The van der Waals surface area contributed by atoms with Gasteiger partial charge in [-0.1, -0.05) is 13.8 Å². The fourth-order valence-corrected chi connectivity index (χ4v) is 2.60. The molecule has 1 aliphatic rings. The average Bonchev–Trinajstić information content (AvgIpc) is 2.56. The third kappa shape index (κ3) is 3.56.